The highest BCUT2D eigenvalue weighted by Gasteiger charge is 2.29. The first kappa shape index (κ1) is 16.2. The van der Waals surface area contributed by atoms with Crippen LogP contribution in [0.15, 0.2) is 17.0 Å². The third-order valence-corrected chi connectivity index (χ3v) is 5.54. The number of anilines is 1. The lowest BCUT2D eigenvalue weighted by Gasteiger charge is -2.28. The first-order valence-corrected chi connectivity index (χ1v) is 8.58. The number of hydrogen-bond donors (Lipinski definition) is 2. The molecule has 1 saturated carbocycles. The number of sulfonamides is 1. The van der Waals surface area contributed by atoms with Crippen molar-refractivity contribution in [2.24, 2.45) is 5.92 Å². The van der Waals surface area contributed by atoms with Crippen molar-refractivity contribution < 1.29 is 17.2 Å². The highest BCUT2D eigenvalue weighted by atomic mass is 32.2. The van der Waals surface area contributed by atoms with Crippen LogP contribution < -0.4 is 10.5 Å². The average molecular weight is 318 g/mol. The Labute approximate surface area is 123 Å². The van der Waals surface area contributed by atoms with Gasteiger partial charge in [0, 0.05) is 11.7 Å². The third-order valence-electron chi connectivity index (χ3n) is 3.97. The lowest BCUT2D eigenvalue weighted by molar-refractivity contribution is 0.301. The Morgan fingerprint density at radius 3 is 2.48 bits per heavy atom. The van der Waals surface area contributed by atoms with Gasteiger partial charge in [0.05, 0.1) is 0 Å². The van der Waals surface area contributed by atoms with E-state index in [9.17, 15) is 17.2 Å². The van der Waals surface area contributed by atoms with E-state index in [1.165, 1.54) is 0 Å². The van der Waals surface area contributed by atoms with E-state index in [0.717, 1.165) is 31.4 Å². The molecule has 1 aromatic rings. The van der Waals surface area contributed by atoms with E-state index in [4.69, 9.17) is 5.73 Å². The molecule has 7 heteroatoms. The first-order valence-electron chi connectivity index (χ1n) is 7.10. The molecule has 1 aromatic carbocycles. The molecule has 2 unspecified atom stereocenters. The molecule has 0 bridgehead atoms. The fourth-order valence-corrected chi connectivity index (χ4v) is 4.29. The van der Waals surface area contributed by atoms with Crippen molar-refractivity contribution in [3.8, 4) is 0 Å². The van der Waals surface area contributed by atoms with Gasteiger partial charge in [-0.2, -0.15) is 0 Å². The number of benzene rings is 1. The van der Waals surface area contributed by atoms with Gasteiger partial charge < -0.3 is 5.73 Å². The Morgan fingerprint density at radius 1 is 1.29 bits per heavy atom. The molecule has 3 N–H and O–H groups in total. The van der Waals surface area contributed by atoms with Gasteiger partial charge in [-0.15, -0.1) is 0 Å². The molecule has 0 heterocycles. The minimum absolute atomic E-state index is 0.146. The first-order chi connectivity index (χ1) is 9.83. The number of nitrogens with one attached hydrogen (secondary N) is 1. The summed E-state index contributed by atoms with van der Waals surface area (Å²) in [5, 5.41) is 0. The summed E-state index contributed by atoms with van der Waals surface area (Å²) >= 11 is 0. The van der Waals surface area contributed by atoms with Gasteiger partial charge in [0.25, 0.3) is 0 Å². The molecule has 1 fully saturated rings. The molecule has 21 heavy (non-hydrogen) atoms. The fourth-order valence-electron chi connectivity index (χ4n) is 2.88. The van der Waals surface area contributed by atoms with Gasteiger partial charge in [-0.05, 0) is 30.9 Å². The van der Waals surface area contributed by atoms with Crippen LogP contribution in [0.25, 0.3) is 0 Å². The van der Waals surface area contributed by atoms with Gasteiger partial charge in [-0.3, -0.25) is 0 Å². The van der Waals surface area contributed by atoms with Gasteiger partial charge in [0.15, 0.2) is 4.90 Å². The summed E-state index contributed by atoms with van der Waals surface area (Å²) in [7, 11) is -4.23. The van der Waals surface area contributed by atoms with Crippen LogP contribution in [-0.4, -0.2) is 14.5 Å². The van der Waals surface area contributed by atoms with Crippen molar-refractivity contribution in [2.75, 3.05) is 5.73 Å². The quantitative estimate of drug-likeness (QED) is 0.839. The van der Waals surface area contributed by atoms with Gasteiger partial charge in [-0.25, -0.2) is 21.9 Å². The molecule has 0 radical (unpaired) electrons. The number of halogens is 2. The Kier molecular flexibility index (Phi) is 4.83. The number of rotatable bonds is 4. The number of hydrogen-bond acceptors (Lipinski definition) is 3. The van der Waals surface area contributed by atoms with E-state index in [1.54, 1.807) is 0 Å². The summed E-state index contributed by atoms with van der Waals surface area (Å²) in [6.07, 6.45) is 4.35. The molecule has 0 amide bonds. The number of nitrogen functional groups attached to an aromatic ring is 1. The van der Waals surface area contributed by atoms with Crippen LogP contribution in [0.5, 0.6) is 0 Å². The van der Waals surface area contributed by atoms with E-state index >= 15 is 0 Å². The maximum absolute atomic E-state index is 13.8. The van der Waals surface area contributed by atoms with Crippen LogP contribution in [0, 0.1) is 17.6 Å². The van der Waals surface area contributed by atoms with Crippen LogP contribution in [-0.2, 0) is 10.0 Å². The molecule has 2 atom stereocenters. The van der Waals surface area contributed by atoms with Crippen LogP contribution in [0.3, 0.4) is 0 Å². The van der Waals surface area contributed by atoms with Crippen LogP contribution in [0.2, 0.25) is 0 Å². The zero-order chi connectivity index (χ0) is 15.6. The summed E-state index contributed by atoms with van der Waals surface area (Å²) in [6.45, 7) is 2.06. The fraction of sp³-hybridized carbons (Fsp3) is 0.571. The summed E-state index contributed by atoms with van der Waals surface area (Å²) in [5.74, 6) is -1.88. The second-order valence-corrected chi connectivity index (χ2v) is 7.22. The van der Waals surface area contributed by atoms with Gasteiger partial charge in [-0.1, -0.05) is 26.2 Å². The Morgan fingerprint density at radius 2 is 1.90 bits per heavy atom. The standard InChI is InChI=1S/C14H20F2N2O2S/c1-2-9-4-3-5-11(6-9)18-21(19,20)14-12(15)7-10(17)8-13(14)16/h7-9,11,18H,2-6,17H2,1H3. The SMILES string of the molecule is CCC1CCCC(NS(=O)(=O)c2c(F)cc(N)cc2F)C1. The largest absolute Gasteiger partial charge is 0.399 e. The van der Waals surface area contributed by atoms with Gasteiger partial charge in [0.2, 0.25) is 10.0 Å². The minimum Gasteiger partial charge on any atom is -0.399 e. The maximum atomic E-state index is 13.8. The van der Waals surface area contributed by atoms with E-state index in [1.807, 2.05) is 0 Å². The lowest BCUT2D eigenvalue weighted by atomic mass is 9.85. The van der Waals surface area contributed by atoms with Crippen molar-refractivity contribution in [3.05, 3.63) is 23.8 Å². The maximum Gasteiger partial charge on any atom is 0.246 e. The topological polar surface area (TPSA) is 72.2 Å². The molecule has 0 aliphatic heterocycles. The van der Waals surface area contributed by atoms with Gasteiger partial charge in [0.1, 0.15) is 11.6 Å². The molecular formula is C14H20F2N2O2S. The Hall–Kier alpha value is -1.21. The normalized spacial score (nSPS) is 23.2. The van der Waals surface area contributed by atoms with E-state index in [0.29, 0.717) is 18.8 Å². The monoisotopic (exact) mass is 318 g/mol. The van der Waals surface area contributed by atoms with Crippen molar-refractivity contribution in [1.29, 1.82) is 0 Å². The average Bonchev–Trinajstić information content (AvgIpc) is 2.36. The number of nitrogens with two attached hydrogens (primary N) is 1. The predicted octanol–water partition coefficient (Wildman–Crippen LogP) is 2.79. The second-order valence-electron chi connectivity index (χ2n) is 5.57. The minimum atomic E-state index is -4.23. The second kappa shape index (κ2) is 6.27. The van der Waals surface area contributed by atoms with E-state index in [2.05, 4.69) is 11.6 Å². The van der Waals surface area contributed by atoms with E-state index in [-0.39, 0.29) is 11.7 Å². The highest BCUT2D eigenvalue weighted by Crippen LogP contribution is 2.28. The van der Waals surface area contributed by atoms with Crippen molar-refractivity contribution in [2.45, 2.75) is 50.0 Å². The molecular weight excluding hydrogens is 298 g/mol. The Balaban J connectivity index is 2.23. The highest BCUT2D eigenvalue weighted by molar-refractivity contribution is 7.89. The van der Waals surface area contributed by atoms with Crippen molar-refractivity contribution in [3.63, 3.8) is 0 Å². The van der Waals surface area contributed by atoms with Crippen molar-refractivity contribution >= 4 is 15.7 Å². The summed E-state index contributed by atoms with van der Waals surface area (Å²) in [6, 6.07) is 1.35. The zero-order valence-electron chi connectivity index (χ0n) is 11.9. The molecule has 0 aromatic heterocycles. The lowest BCUT2D eigenvalue weighted by Crippen LogP contribution is -2.39. The summed E-state index contributed by atoms with van der Waals surface area (Å²) in [5.41, 5.74) is 5.15. The summed E-state index contributed by atoms with van der Waals surface area (Å²) in [4.78, 5) is -0.949. The van der Waals surface area contributed by atoms with Gasteiger partial charge >= 0.3 is 0 Å². The molecule has 4 nitrogen and oxygen atoms in total. The molecule has 118 valence electrons. The van der Waals surface area contributed by atoms with Crippen LogP contribution in [0.4, 0.5) is 14.5 Å². The Bertz CT molecular complexity index is 596. The summed E-state index contributed by atoms with van der Waals surface area (Å²) < 4.78 is 54.4. The van der Waals surface area contributed by atoms with Crippen LogP contribution in [0.1, 0.15) is 39.0 Å². The molecule has 1 aliphatic rings. The molecule has 0 spiro atoms. The third kappa shape index (κ3) is 3.71. The van der Waals surface area contributed by atoms with Crippen LogP contribution >= 0.6 is 0 Å². The molecule has 2 rings (SSSR count). The zero-order valence-corrected chi connectivity index (χ0v) is 12.7. The predicted molar refractivity (Wildman–Crippen MR) is 77.1 cm³/mol. The van der Waals surface area contributed by atoms with Crippen molar-refractivity contribution in [1.82, 2.24) is 4.72 Å². The smallest absolute Gasteiger partial charge is 0.246 e. The molecule has 0 saturated heterocycles. The molecule has 1 aliphatic carbocycles. The van der Waals surface area contributed by atoms with E-state index < -0.39 is 26.6 Å².